The molecule has 1 saturated heterocycles. The van der Waals surface area contributed by atoms with E-state index in [1.165, 1.54) is 71.0 Å². The van der Waals surface area contributed by atoms with Gasteiger partial charge in [-0.3, -0.25) is 0 Å². The van der Waals surface area contributed by atoms with Crippen molar-refractivity contribution in [2.24, 2.45) is 5.92 Å². The predicted octanol–water partition coefficient (Wildman–Crippen LogP) is 3.06. The molecule has 1 saturated carbocycles. The molecule has 2 rings (SSSR count). The second kappa shape index (κ2) is 8.34. The Morgan fingerprint density at radius 1 is 0.941 bits per heavy atom. The lowest BCUT2D eigenvalue weighted by Gasteiger charge is -2.34. The Bertz CT molecular complexity index is 183. The van der Waals surface area contributed by atoms with E-state index in [1.54, 1.807) is 0 Å². The van der Waals surface area contributed by atoms with E-state index in [1.807, 2.05) is 0 Å². The number of halogens is 1. The Hall–Kier alpha value is 0.210. The largest absolute Gasteiger partial charge is 0.317 e. The van der Waals surface area contributed by atoms with Crippen LogP contribution in [0.15, 0.2) is 0 Å². The summed E-state index contributed by atoms with van der Waals surface area (Å²) in [6, 6.07) is 0.783. The first-order chi connectivity index (χ1) is 7.88. The molecule has 0 bridgehead atoms. The number of likely N-dealkylation sites (tertiary alicyclic amines) is 1. The topological polar surface area (TPSA) is 15.3 Å². The van der Waals surface area contributed by atoms with Crippen molar-refractivity contribution in [3.8, 4) is 0 Å². The minimum Gasteiger partial charge on any atom is -0.317 e. The van der Waals surface area contributed by atoms with Gasteiger partial charge in [0.05, 0.1) is 0 Å². The Balaban J connectivity index is 0.00000144. The Kier molecular flexibility index (Phi) is 7.49. The molecule has 3 heteroatoms. The fourth-order valence-corrected chi connectivity index (χ4v) is 3.32. The van der Waals surface area contributed by atoms with Gasteiger partial charge >= 0.3 is 0 Å². The van der Waals surface area contributed by atoms with Crippen molar-refractivity contribution in [3.63, 3.8) is 0 Å². The zero-order chi connectivity index (χ0) is 11.2. The summed E-state index contributed by atoms with van der Waals surface area (Å²) in [6.07, 6.45) is 11.6. The second-order valence-electron chi connectivity index (χ2n) is 5.72. The lowest BCUT2D eigenvalue weighted by atomic mass is 9.97. The van der Waals surface area contributed by atoms with E-state index in [0.29, 0.717) is 0 Å². The molecule has 0 aromatic heterocycles. The molecule has 0 spiro atoms. The summed E-state index contributed by atoms with van der Waals surface area (Å²) >= 11 is 0. The van der Waals surface area contributed by atoms with Crippen molar-refractivity contribution in [2.75, 3.05) is 26.7 Å². The van der Waals surface area contributed by atoms with Gasteiger partial charge in [0.15, 0.2) is 0 Å². The van der Waals surface area contributed by atoms with Crippen LogP contribution in [0.4, 0.5) is 0 Å². The third kappa shape index (κ3) is 5.15. The van der Waals surface area contributed by atoms with Gasteiger partial charge in [-0.25, -0.2) is 0 Å². The minimum atomic E-state index is 0. The van der Waals surface area contributed by atoms with Crippen LogP contribution >= 0.6 is 12.4 Å². The standard InChI is InChI=1S/C14H28N2.ClH/c1-15-14-8-10-16(11-9-14)12-13-6-4-2-3-5-7-13;/h13-15H,2-12H2,1H3;1H. The molecule has 0 aromatic carbocycles. The maximum Gasteiger partial charge on any atom is 0.00884 e. The SMILES string of the molecule is CNC1CCN(CC2CCCCCC2)CC1.Cl. The molecule has 2 nitrogen and oxygen atoms in total. The highest BCUT2D eigenvalue weighted by molar-refractivity contribution is 5.85. The molecule has 0 radical (unpaired) electrons. The zero-order valence-electron chi connectivity index (χ0n) is 11.3. The van der Waals surface area contributed by atoms with Gasteiger partial charge in [-0.2, -0.15) is 0 Å². The molecule has 1 aliphatic heterocycles. The lowest BCUT2D eigenvalue weighted by Crippen LogP contribution is -2.42. The summed E-state index contributed by atoms with van der Waals surface area (Å²) < 4.78 is 0. The fourth-order valence-electron chi connectivity index (χ4n) is 3.32. The summed E-state index contributed by atoms with van der Waals surface area (Å²) in [7, 11) is 2.10. The molecule has 2 fully saturated rings. The summed E-state index contributed by atoms with van der Waals surface area (Å²) in [6.45, 7) is 4.03. The monoisotopic (exact) mass is 260 g/mol. The van der Waals surface area contributed by atoms with Crippen molar-refractivity contribution in [2.45, 2.75) is 57.4 Å². The number of nitrogens with zero attached hydrogens (tertiary/aromatic N) is 1. The van der Waals surface area contributed by atoms with Crippen molar-refractivity contribution < 1.29 is 0 Å². The normalized spacial score (nSPS) is 25.2. The first-order valence-electron chi connectivity index (χ1n) is 7.28. The predicted molar refractivity (Wildman–Crippen MR) is 77.0 cm³/mol. The highest BCUT2D eigenvalue weighted by Gasteiger charge is 2.21. The highest BCUT2D eigenvalue weighted by atomic mass is 35.5. The average Bonchev–Trinajstić information content (AvgIpc) is 2.59. The van der Waals surface area contributed by atoms with Crippen molar-refractivity contribution in [1.82, 2.24) is 10.2 Å². The van der Waals surface area contributed by atoms with Gasteiger partial charge in [0.1, 0.15) is 0 Å². The lowest BCUT2D eigenvalue weighted by molar-refractivity contribution is 0.168. The van der Waals surface area contributed by atoms with Crippen LogP contribution < -0.4 is 5.32 Å². The van der Waals surface area contributed by atoms with E-state index in [2.05, 4.69) is 17.3 Å². The van der Waals surface area contributed by atoms with Gasteiger partial charge in [-0.15, -0.1) is 12.4 Å². The number of hydrogen-bond acceptors (Lipinski definition) is 2. The molecule has 1 heterocycles. The summed E-state index contributed by atoms with van der Waals surface area (Å²) in [5.74, 6) is 1.01. The molecule has 1 N–H and O–H groups in total. The van der Waals surface area contributed by atoms with Gasteiger partial charge in [0, 0.05) is 12.6 Å². The summed E-state index contributed by atoms with van der Waals surface area (Å²) in [4.78, 5) is 2.71. The number of piperidine rings is 1. The van der Waals surface area contributed by atoms with E-state index in [-0.39, 0.29) is 12.4 Å². The Labute approximate surface area is 113 Å². The van der Waals surface area contributed by atoms with Crippen LogP contribution in [0.1, 0.15) is 51.4 Å². The van der Waals surface area contributed by atoms with Crippen LogP contribution in [0.5, 0.6) is 0 Å². The molecular weight excluding hydrogens is 232 g/mol. The van der Waals surface area contributed by atoms with Crippen LogP contribution in [0, 0.1) is 5.92 Å². The van der Waals surface area contributed by atoms with Crippen LogP contribution in [0.2, 0.25) is 0 Å². The maximum atomic E-state index is 3.41. The first kappa shape index (κ1) is 15.3. The Morgan fingerprint density at radius 3 is 2.06 bits per heavy atom. The molecule has 17 heavy (non-hydrogen) atoms. The van der Waals surface area contributed by atoms with Gasteiger partial charge in [-0.1, -0.05) is 25.7 Å². The van der Waals surface area contributed by atoms with Gasteiger partial charge in [-0.05, 0) is 51.7 Å². The molecule has 2 aliphatic rings. The number of nitrogens with one attached hydrogen (secondary N) is 1. The molecule has 102 valence electrons. The van der Waals surface area contributed by atoms with Gasteiger partial charge in [0.2, 0.25) is 0 Å². The van der Waals surface area contributed by atoms with E-state index in [9.17, 15) is 0 Å². The van der Waals surface area contributed by atoms with E-state index in [0.717, 1.165) is 12.0 Å². The molecule has 0 aromatic rings. The van der Waals surface area contributed by atoms with Crippen molar-refractivity contribution in [1.29, 1.82) is 0 Å². The number of rotatable bonds is 3. The minimum absolute atomic E-state index is 0. The Morgan fingerprint density at radius 2 is 1.53 bits per heavy atom. The van der Waals surface area contributed by atoms with Gasteiger partial charge < -0.3 is 10.2 Å². The first-order valence-corrected chi connectivity index (χ1v) is 7.28. The maximum absolute atomic E-state index is 3.41. The molecule has 0 unspecified atom stereocenters. The van der Waals surface area contributed by atoms with Crippen LogP contribution in [0.25, 0.3) is 0 Å². The molecule has 0 atom stereocenters. The van der Waals surface area contributed by atoms with E-state index in [4.69, 9.17) is 0 Å². The van der Waals surface area contributed by atoms with Crippen molar-refractivity contribution >= 4 is 12.4 Å². The van der Waals surface area contributed by atoms with Crippen LogP contribution in [-0.4, -0.2) is 37.6 Å². The molecule has 0 amide bonds. The highest BCUT2D eigenvalue weighted by Crippen LogP contribution is 2.24. The summed E-state index contributed by atoms with van der Waals surface area (Å²) in [5.41, 5.74) is 0. The van der Waals surface area contributed by atoms with Gasteiger partial charge in [0.25, 0.3) is 0 Å². The van der Waals surface area contributed by atoms with Crippen LogP contribution in [-0.2, 0) is 0 Å². The zero-order valence-corrected chi connectivity index (χ0v) is 12.1. The van der Waals surface area contributed by atoms with E-state index >= 15 is 0 Å². The number of hydrogen-bond donors (Lipinski definition) is 1. The third-order valence-corrected chi connectivity index (χ3v) is 4.49. The smallest absolute Gasteiger partial charge is 0.00884 e. The molecular formula is C14H29ClN2. The van der Waals surface area contributed by atoms with Crippen molar-refractivity contribution in [3.05, 3.63) is 0 Å². The second-order valence-corrected chi connectivity index (χ2v) is 5.72. The van der Waals surface area contributed by atoms with E-state index < -0.39 is 0 Å². The molecule has 1 aliphatic carbocycles. The fraction of sp³-hybridized carbons (Fsp3) is 1.00. The average molecular weight is 261 g/mol. The summed E-state index contributed by atoms with van der Waals surface area (Å²) in [5, 5.41) is 3.41. The van der Waals surface area contributed by atoms with Crippen LogP contribution in [0.3, 0.4) is 0 Å². The quantitative estimate of drug-likeness (QED) is 0.785. The third-order valence-electron chi connectivity index (χ3n) is 4.49.